The van der Waals surface area contributed by atoms with Gasteiger partial charge in [-0.2, -0.15) is 0 Å². The number of phosphoric ester groups is 1. The number of hydrogen-bond donors (Lipinski definition) is 2. The van der Waals surface area contributed by atoms with Crippen molar-refractivity contribution >= 4 is 19.7 Å². The van der Waals surface area contributed by atoms with Crippen LogP contribution in [0.1, 0.15) is 213 Å². The molecule has 0 bridgehead atoms. The normalized spacial score (nSPS) is 14.6. The van der Waals surface area contributed by atoms with E-state index < -0.39 is 20.0 Å². The van der Waals surface area contributed by atoms with Gasteiger partial charge in [0.05, 0.1) is 33.8 Å². The number of quaternary nitrogens is 1. The number of esters is 1. The Morgan fingerprint density at radius 1 is 0.522 bits per heavy atom. The number of carbonyl (C=O) groups excluding carboxylic acids is 2. The average Bonchev–Trinajstić information content (AvgIpc) is 3.31. The zero-order valence-corrected chi connectivity index (χ0v) is 45.9. The van der Waals surface area contributed by atoms with E-state index in [-0.39, 0.29) is 31.5 Å². The van der Waals surface area contributed by atoms with Gasteiger partial charge < -0.3 is 19.4 Å². The molecule has 0 fully saturated rings. The SMILES string of the molecule is CC\C=C/C=C/C=C/C=C\C=C\C=C\CCCCCC(=O)OC(/C=C/CCCCCCCCCCCC)C(COP(=O)(O)OCC[N+](C)(C)C)NC(=O)CCCCC/C=C\CCCCCCCCC. The lowest BCUT2D eigenvalue weighted by Crippen LogP contribution is -2.47. The maximum absolute atomic E-state index is 13.5. The molecule has 3 unspecified atom stereocenters. The molecule has 3 atom stereocenters. The zero-order valence-electron chi connectivity index (χ0n) is 45.0. The van der Waals surface area contributed by atoms with E-state index in [4.69, 9.17) is 13.8 Å². The molecular formula is C59H104N2O7P+. The van der Waals surface area contributed by atoms with Gasteiger partial charge >= 0.3 is 13.8 Å². The molecule has 69 heavy (non-hydrogen) atoms. The van der Waals surface area contributed by atoms with Crippen LogP contribution in [0.25, 0.3) is 0 Å². The number of carbonyl (C=O) groups is 2. The Bertz CT molecular complexity index is 1510. The minimum absolute atomic E-state index is 0.0252. The molecule has 0 saturated heterocycles. The summed E-state index contributed by atoms with van der Waals surface area (Å²) in [6.07, 6.45) is 64.0. The molecule has 1 amide bonds. The van der Waals surface area contributed by atoms with Gasteiger partial charge in [-0.1, -0.05) is 221 Å². The molecule has 0 spiro atoms. The van der Waals surface area contributed by atoms with E-state index in [9.17, 15) is 19.0 Å². The molecule has 10 heteroatoms. The van der Waals surface area contributed by atoms with Gasteiger partial charge in [-0.25, -0.2) is 4.57 Å². The summed E-state index contributed by atoms with van der Waals surface area (Å²) in [5.41, 5.74) is 0. The van der Waals surface area contributed by atoms with Crippen molar-refractivity contribution in [3.63, 3.8) is 0 Å². The van der Waals surface area contributed by atoms with Gasteiger partial charge in [-0.05, 0) is 76.7 Å². The second kappa shape index (κ2) is 48.6. The van der Waals surface area contributed by atoms with Crippen LogP contribution in [0, 0.1) is 0 Å². The molecule has 0 aromatic carbocycles. The van der Waals surface area contributed by atoms with Gasteiger partial charge in [0, 0.05) is 12.8 Å². The van der Waals surface area contributed by atoms with Crippen molar-refractivity contribution in [3.05, 3.63) is 97.2 Å². The molecular weight excluding hydrogens is 880 g/mol. The smallest absolute Gasteiger partial charge is 0.456 e. The van der Waals surface area contributed by atoms with Crippen molar-refractivity contribution in [2.45, 2.75) is 226 Å². The van der Waals surface area contributed by atoms with E-state index in [2.05, 4.69) is 50.4 Å². The highest BCUT2D eigenvalue weighted by atomic mass is 31.2. The number of likely N-dealkylation sites (N-methyl/N-ethyl adjacent to an activating group) is 1. The van der Waals surface area contributed by atoms with Crippen LogP contribution < -0.4 is 5.32 Å². The third kappa shape index (κ3) is 49.7. The molecule has 9 nitrogen and oxygen atoms in total. The summed E-state index contributed by atoms with van der Waals surface area (Å²) in [7, 11) is 1.45. The molecule has 396 valence electrons. The number of phosphoric acid groups is 1. The Labute approximate surface area is 424 Å². The first kappa shape index (κ1) is 65.9. The highest BCUT2D eigenvalue weighted by Gasteiger charge is 2.30. The van der Waals surface area contributed by atoms with E-state index in [1.807, 2.05) is 94.1 Å². The quantitative estimate of drug-likeness (QED) is 0.0156. The molecule has 0 aliphatic carbocycles. The summed E-state index contributed by atoms with van der Waals surface area (Å²) in [6, 6.07) is -0.878. The third-order valence-electron chi connectivity index (χ3n) is 11.7. The number of ether oxygens (including phenoxy) is 1. The number of nitrogens with one attached hydrogen (secondary N) is 1. The number of amides is 1. The van der Waals surface area contributed by atoms with Crippen molar-refractivity contribution in [2.24, 2.45) is 0 Å². The van der Waals surface area contributed by atoms with Crippen LogP contribution in [0.5, 0.6) is 0 Å². The summed E-state index contributed by atoms with van der Waals surface area (Å²) < 4.78 is 30.5. The van der Waals surface area contributed by atoms with E-state index in [0.29, 0.717) is 30.3 Å². The molecule has 0 radical (unpaired) electrons. The monoisotopic (exact) mass is 984 g/mol. The van der Waals surface area contributed by atoms with Gasteiger partial charge in [0.25, 0.3) is 0 Å². The molecule has 0 saturated carbocycles. The molecule has 0 aliphatic heterocycles. The lowest BCUT2D eigenvalue weighted by atomic mass is 10.1. The van der Waals surface area contributed by atoms with Crippen LogP contribution in [-0.4, -0.2) is 74.3 Å². The van der Waals surface area contributed by atoms with Crippen LogP contribution in [0.15, 0.2) is 97.2 Å². The molecule has 0 heterocycles. The lowest BCUT2D eigenvalue weighted by Gasteiger charge is -2.27. The molecule has 0 aliphatic rings. The largest absolute Gasteiger partial charge is 0.472 e. The van der Waals surface area contributed by atoms with Crippen molar-refractivity contribution in [1.29, 1.82) is 0 Å². The van der Waals surface area contributed by atoms with Crippen LogP contribution in [-0.2, 0) is 27.9 Å². The van der Waals surface area contributed by atoms with E-state index in [1.54, 1.807) is 0 Å². The first-order valence-electron chi connectivity index (χ1n) is 27.6. The number of unbranched alkanes of at least 4 members (excludes halogenated alkanes) is 23. The first-order chi connectivity index (χ1) is 33.4. The molecule has 2 N–H and O–H groups in total. The predicted molar refractivity (Wildman–Crippen MR) is 295 cm³/mol. The Kier molecular flexibility index (Phi) is 46.4. The van der Waals surface area contributed by atoms with Crippen LogP contribution in [0.4, 0.5) is 0 Å². The van der Waals surface area contributed by atoms with Gasteiger partial charge in [0.1, 0.15) is 19.3 Å². The van der Waals surface area contributed by atoms with Crippen LogP contribution in [0.3, 0.4) is 0 Å². The maximum atomic E-state index is 13.5. The summed E-state index contributed by atoms with van der Waals surface area (Å²) in [5, 5.41) is 3.02. The van der Waals surface area contributed by atoms with Crippen molar-refractivity contribution < 1.29 is 37.3 Å². The minimum atomic E-state index is -4.46. The maximum Gasteiger partial charge on any atom is 0.472 e. The van der Waals surface area contributed by atoms with Crippen molar-refractivity contribution in [3.8, 4) is 0 Å². The van der Waals surface area contributed by atoms with E-state index in [1.165, 1.54) is 96.3 Å². The lowest BCUT2D eigenvalue weighted by molar-refractivity contribution is -0.870. The number of hydrogen-bond acceptors (Lipinski definition) is 6. The molecule has 0 aromatic rings. The van der Waals surface area contributed by atoms with Gasteiger partial charge in [-0.15, -0.1) is 0 Å². The Hall–Kier alpha value is -3.07. The fourth-order valence-electron chi connectivity index (χ4n) is 7.38. The van der Waals surface area contributed by atoms with E-state index in [0.717, 1.165) is 70.6 Å². The summed E-state index contributed by atoms with van der Waals surface area (Å²) >= 11 is 0. The van der Waals surface area contributed by atoms with E-state index >= 15 is 0 Å². The van der Waals surface area contributed by atoms with Crippen LogP contribution >= 0.6 is 7.82 Å². The number of allylic oxidation sites excluding steroid dienone is 15. The molecule has 0 rings (SSSR count). The third-order valence-corrected chi connectivity index (χ3v) is 12.7. The van der Waals surface area contributed by atoms with Gasteiger partial charge in [-0.3, -0.25) is 18.6 Å². The minimum Gasteiger partial charge on any atom is -0.456 e. The Morgan fingerprint density at radius 2 is 0.942 bits per heavy atom. The number of rotatable bonds is 48. The highest BCUT2D eigenvalue weighted by Crippen LogP contribution is 2.43. The first-order valence-corrected chi connectivity index (χ1v) is 29.1. The summed E-state index contributed by atoms with van der Waals surface area (Å²) in [6.45, 7) is 6.79. The fraction of sp³-hybridized carbons (Fsp3) is 0.695. The van der Waals surface area contributed by atoms with Gasteiger partial charge in [0.15, 0.2) is 0 Å². The average molecular weight is 984 g/mol. The zero-order chi connectivity index (χ0) is 50.8. The summed E-state index contributed by atoms with van der Waals surface area (Å²) in [4.78, 5) is 37.5. The summed E-state index contributed by atoms with van der Waals surface area (Å²) in [5.74, 6) is -0.582. The Balaban J connectivity index is 5.52. The number of nitrogens with zero attached hydrogens (tertiary/aromatic N) is 1. The topological polar surface area (TPSA) is 111 Å². The predicted octanol–water partition coefficient (Wildman–Crippen LogP) is 16.4. The van der Waals surface area contributed by atoms with Crippen molar-refractivity contribution in [1.82, 2.24) is 5.32 Å². The standard InChI is InChI=1S/C59H103N2O7P/c1-7-10-13-16-19-22-25-28-30-31-32-34-37-40-43-46-49-52-59(63)68-57(50-47-44-41-38-35-27-24-21-18-15-12-9-3)56(55-67-69(64,65)66-54-53-61(4,5)6)60-58(62)51-48-45-42-39-36-33-29-26-23-20-17-14-11-8-2/h10,13,16,19,22,25,28,30-34,36-37,47,50,56-57H,7-9,11-12,14-15,17-18,20-21,23-24,26-27,29,35,38-46,48-49,51-55H2,1-6H3,(H-,60,62,64,65)/p+1/b13-10-,19-16+,25-22+,30-28-,32-31+,36-33-,37-34+,50-47+. The van der Waals surface area contributed by atoms with Gasteiger partial charge in [0.2, 0.25) is 5.91 Å². The molecule has 0 aromatic heterocycles. The second-order valence-corrected chi connectivity index (χ2v) is 21.0. The Morgan fingerprint density at radius 3 is 1.43 bits per heavy atom. The highest BCUT2D eigenvalue weighted by molar-refractivity contribution is 7.47. The van der Waals surface area contributed by atoms with Crippen molar-refractivity contribution in [2.75, 3.05) is 40.9 Å². The fourth-order valence-corrected chi connectivity index (χ4v) is 8.11. The second-order valence-electron chi connectivity index (χ2n) is 19.5. The van der Waals surface area contributed by atoms with Crippen LogP contribution in [0.2, 0.25) is 0 Å².